The van der Waals surface area contributed by atoms with E-state index in [0.29, 0.717) is 22.4 Å². The van der Waals surface area contributed by atoms with Crippen LogP contribution in [0.2, 0.25) is 0 Å². The van der Waals surface area contributed by atoms with Crippen molar-refractivity contribution < 1.29 is 38.2 Å². The first-order valence-electron chi connectivity index (χ1n) is 18.0. The van der Waals surface area contributed by atoms with Gasteiger partial charge in [0.2, 0.25) is 17.7 Å². The van der Waals surface area contributed by atoms with Gasteiger partial charge in [0.1, 0.15) is 35.7 Å². The van der Waals surface area contributed by atoms with Crippen molar-refractivity contribution >= 4 is 29.6 Å². The Hall–Kier alpha value is -6.89. The van der Waals surface area contributed by atoms with Crippen LogP contribution in [0.25, 0.3) is 11.1 Å². The number of hydrogen-bond acceptors (Lipinski definition) is 7. The van der Waals surface area contributed by atoms with Crippen LogP contribution in [-0.2, 0) is 49.7 Å². The molecule has 1 aromatic heterocycles. The van der Waals surface area contributed by atoms with Crippen LogP contribution >= 0.6 is 0 Å². The molecule has 5 aromatic rings. The molecular formula is C43H40FN5O7. The van der Waals surface area contributed by atoms with Crippen molar-refractivity contribution in [3.05, 3.63) is 156 Å². The Morgan fingerprint density at radius 2 is 1.20 bits per heavy atom. The second-order valence-corrected chi connectivity index (χ2v) is 13.4. The number of rotatable bonds is 8. The molecule has 0 saturated heterocycles. The Balaban J connectivity index is 1.36. The van der Waals surface area contributed by atoms with Crippen molar-refractivity contribution in [1.82, 2.24) is 26.3 Å². The highest BCUT2D eigenvalue weighted by Crippen LogP contribution is 2.20. The van der Waals surface area contributed by atoms with Crippen molar-refractivity contribution in [3.63, 3.8) is 0 Å². The molecule has 0 aliphatic carbocycles. The monoisotopic (exact) mass is 757 g/mol. The van der Waals surface area contributed by atoms with Gasteiger partial charge in [0.05, 0.1) is 0 Å². The Labute approximate surface area is 322 Å². The lowest BCUT2D eigenvalue weighted by atomic mass is 9.98. The van der Waals surface area contributed by atoms with E-state index in [1.54, 1.807) is 54.9 Å². The lowest BCUT2D eigenvalue weighted by molar-refractivity contribution is -0.142. The molecule has 0 spiro atoms. The van der Waals surface area contributed by atoms with Gasteiger partial charge < -0.3 is 31.1 Å². The molecule has 56 heavy (non-hydrogen) atoms. The lowest BCUT2D eigenvalue weighted by Crippen LogP contribution is -2.59. The first kappa shape index (κ1) is 38.8. The zero-order valence-corrected chi connectivity index (χ0v) is 30.2. The molecule has 12 nitrogen and oxygen atoms in total. The van der Waals surface area contributed by atoms with Crippen LogP contribution in [-0.4, -0.2) is 70.5 Å². The number of pyridine rings is 1. The fourth-order valence-electron chi connectivity index (χ4n) is 6.33. The molecule has 2 bridgehead atoms. The first-order chi connectivity index (χ1) is 27.1. The minimum atomic E-state index is -1.45. The van der Waals surface area contributed by atoms with Crippen LogP contribution in [0.15, 0.2) is 128 Å². The van der Waals surface area contributed by atoms with Crippen molar-refractivity contribution in [3.8, 4) is 16.9 Å². The van der Waals surface area contributed by atoms with E-state index in [2.05, 4.69) is 26.3 Å². The third-order valence-corrected chi connectivity index (χ3v) is 9.34. The molecule has 4 atom stereocenters. The fourth-order valence-corrected chi connectivity index (χ4v) is 6.33. The maximum atomic E-state index is 15.0. The highest BCUT2D eigenvalue weighted by atomic mass is 19.1. The minimum absolute atomic E-state index is 0.0363. The standard InChI is InChI=1S/C43H40FN5O7/c44-34-9-5-4-8-32(34)25-37-42(53)49-38(43(54)55)24-28-12-16-33(17-13-28)56-26-39(50)46-35(23-29-18-20-45-21-19-29)40(51)47-36(41(52)48-37)22-27-10-14-31(15-11-27)30-6-2-1-3-7-30/h1-21,35-38H,22-26H2,(H,46,50)(H,47,51)(H,48,52)(H,49,53)(H,54,55)/t35-,36+,37-,38+/m0/s1. The van der Waals surface area contributed by atoms with Gasteiger partial charge in [-0.2, -0.15) is 0 Å². The molecule has 2 aliphatic rings. The molecule has 0 unspecified atom stereocenters. The van der Waals surface area contributed by atoms with Gasteiger partial charge in [-0.1, -0.05) is 84.9 Å². The van der Waals surface area contributed by atoms with E-state index in [1.165, 1.54) is 18.2 Å². The topological polar surface area (TPSA) is 176 Å². The van der Waals surface area contributed by atoms with E-state index in [-0.39, 0.29) is 31.2 Å². The zero-order chi connectivity index (χ0) is 39.4. The normalized spacial score (nSPS) is 19.5. The smallest absolute Gasteiger partial charge is 0.326 e. The molecule has 0 radical (unpaired) electrons. The number of carbonyl (C=O) groups excluding carboxylic acids is 4. The summed E-state index contributed by atoms with van der Waals surface area (Å²) < 4.78 is 20.6. The van der Waals surface area contributed by atoms with Crippen LogP contribution < -0.4 is 26.0 Å². The largest absolute Gasteiger partial charge is 0.484 e. The van der Waals surface area contributed by atoms with Crippen molar-refractivity contribution in [2.24, 2.45) is 0 Å². The highest BCUT2D eigenvalue weighted by Gasteiger charge is 2.32. The summed E-state index contributed by atoms with van der Waals surface area (Å²) in [6, 6.07) is 27.1. The van der Waals surface area contributed by atoms with Crippen molar-refractivity contribution in [2.75, 3.05) is 6.61 Å². The van der Waals surface area contributed by atoms with Gasteiger partial charge in [-0.3, -0.25) is 24.2 Å². The Morgan fingerprint density at radius 3 is 1.84 bits per heavy atom. The SMILES string of the molecule is O=C1COc2ccc(cc2)C[C@H](C(=O)O)NC(=O)[C@H](Cc2ccccc2F)NC(=O)[C@@H](Cc2ccc(-c3ccccc3)cc2)NC(=O)[C@H](Cc2ccncc2)N1. The number of aromatic nitrogens is 1. The lowest BCUT2D eigenvalue weighted by Gasteiger charge is -2.26. The highest BCUT2D eigenvalue weighted by molar-refractivity contribution is 5.95. The van der Waals surface area contributed by atoms with E-state index in [1.807, 2.05) is 54.6 Å². The average Bonchev–Trinajstić information content (AvgIpc) is 3.21. The van der Waals surface area contributed by atoms with Gasteiger partial charge in [0, 0.05) is 38.1 Å². The predicted octanol–water partition coefficient (Wildman–Crippen LogP) is 3.57. The van der Waals surface area contributed by atoms with Crippen LogP contribution in [0.1, 0.15) is 22.3 Å². The Kier molecular flexibility index (Phi) is 12.8. The second kappa shape index (κ2) is 18.4. The molecule has 7 rings (SSSR count). The zero-order valence-electron chi connectivity index (χ0n) is 30.2. The van der Waals surface area contributed by atoms with E-state index < -0.39 is 66.2 Å². The predicted molar refractivity (Wildman–Crippen MR) is 205 cm³/mol. The molecule has 2 aliphatic heterocycles. The van der Waals surface area contributed by atoms with Crippen LogP contribution in [0.4, 0.5) is 4.39 Å². The van der Waals surface area contributed by atoms with Crippen LogP contribution in [0, 0.1) is 5.82 Å². The summed E-state index contributed by atoms with van der Waals surface area (Å²) in [7, 11) is 0. The van der Waals surface area contributed by atoms with E-state index >= 15 is 0 Å². The molecule has 3 heterocycles. The van der Waals surface area contributed by atoms with Crippen LogP contribution in [0.3, 0.4) is 0 Å². The van der Waals surface area contributed by atoms with Crippen molar-refractivity contribution in [2.45, 2.75) is 49.9 Å². The molecule has 5 N–H and O–H groups in total. The number of carboxylic acid groups (broad SMARTS) is 1. The van der Waals surface area contributed by atoms with Gasteiger partial charge in [0.25, 0.3) is 5.91 Å². The number of hydrogen-bond donors (Lipinski definition) is 5. The molecule has 0 saturated carbocycles. The first-order valence-corrected chi connectivity index (χ1v) is 18.0. The Morgan fingerprint density at radius 1 is 0.643 bits per heavy atom. The molecule has 4 aromatic carbocycles. The number of benzene rings is 4. The fraction of sp³-hybridized carbons (Fsp3) is 0.209. The number of nitrogens with zero attached hydrogens (tertiary/aromatic N) is 1. The number of ether oxygens (including phenoxy) is 1. The molecule has 286 valence electrons. The number of halogens is 1. The number of fused-ring (bicyclic) bond motifs is 16. The van der Waals surface area contributed by atoms with E-state index in [0.717, 1.165) is 11.1 Å². The molecule has 0 fully saturated rings. The third kappa shape index (κ3) is 10.6. The molecular weight excluding hydrogens is 717 g/mol. The van der Waals surface area contributed by atoms with Gasteiger partial charge >= 0.3 is 5.97 Å². The summed E-state index contributed by atoms with van der Waals surface area (Å²) in [6.45, 7) is -0.442. The summed E-state index contributed by atoms with van der Waals surface area (Å²) >= 11 is 0. The van der Waals surface area contributed by atoms with Gasteiger partial charge in [0.15, 0.2) is 6.61 Å². The maximum absolute atomic E-state index is 15.0. The summed E-state index contributed by atoms with van der Waals surface area (Å²) in [5, 5.41) is 20.8. The van der Waals surface area contributed by atoms with Crippen molar-refractivity contribution in [1.29, 1.82) is 0 Å². The number of carboxylic acids is 1. The van der Waals surface area contributed by atoms with Gasteiger partial charge in [-0.05, 0) is 63.7 Å². The van der Waals surface area contributed by atoms with Gasteiger partial charge in [-0.25, -0.2) is 9.18 Å². The summed E-state index contributed by atoms with van der Waals surface area (Å²) in [6.07, 6.45) is 2.66. The van der Waals surface area contributed by atoms with E-state index in [4.69, 9.17) is 4.74 Å². The summed E-state index contributed by atoms with van der Waals surface area (Å²) in [5.41, 5.74) is 3.89. The Bertz CT molecular complexity index is 2150. The number of nitrogens with one attached hydrogen (secondary N) is 4. The summed E-state index contributed by atoms with van der Waals surface area (Å²) in [4.78, 5) is 72.0. The second-order valence-electron chi connectivity index (χ2n) is 13.4. The summed E-state index contributed by atoms with van der Waals surface area (Å²) in [5.74, 6) is -4.61. The molecule has 13 heteroatoms. The third-order valence-electron chi connectivity index (χ3n) is 9.34. The number of carbonyl (C=O) groups is 5. The molecule has 4 amide bonds. The number of aliphatic carboxylic acids is 1. The van der Waals surface area contributed by atoms with Crippen LogP contribution in [0.5, 0.6) is 5.75 Å². The average molecular weight is 758 g/mol. The quantitative estimate of drug-likeness (QED) is 0.149. The van der Waals surface area contributed by atoms with Gasteiger partial charge in [-0.15, -0.1) is 0 Å². The van der Waals surface area contributed by atoms with E-state index in [9.17, 15) is 33.5 Å². The maximum Gasteiger partial charge on any atom is 0.326 e. The minimum Gasteiger partial charge on any atom is -0.484 e. The number of amides is 4.